The lowest BCUT2D eigenvalue weighted by Gasteiger charge is -2.12. The maximum absolute atomic E-state index is 12.4. The van der Waals surface area contributed by atoms with Crippen molar-refractivity contribution in [3.63, 3.8) is 0 Å². The Bertz CT molecular complexity index is 768. The topological polar surface area (TPSA) is 83.0 Å². The zero-order valence-corrected chi connectivity index (χ0v) is 17.1. The van der Waals surface area contributed by atoms with Crippen LogP contribution in [0.25, 0.3) is 0 Å². The van der Waals surface area contributed by atoms with E-state index in [1.165, 1.54) is 0 Å². The lowest BCUT2D eigenvalue weighted by Crippen LogP contribution is -2.15. The minimum absolute atomic E-state index is 0.181. The highest BCUT2D eigenvalue weighted by molar-refractivity contribution is 5.73. The van der Waals surface area contributed by atoms with Gasteiger partial charge in [-0.05, 0) is 26.7 Å². The Balaban J connectivity index is 2.05. The SMILES string of the molecule is Cc1nn(CC(C)C)c(C)c1CC(=O)OC(C)c1nc(C(C)(C)C)no1. The number of hydrogen-bond acceptors (Lipinski definition) is 6. The summed E-state index contributed by atoms with van der Waals surface area (Å²) in [4.78, 5) is 16.7. The zero-order chi connectivity index (χ0) is 19.6. The van der Waals surface area contributed by atoms with Gasteiger partial charge in [-0.2, -0.15) is 10.1 Å². The summed E-state index contributed by atoms with van der Waals surface area (Å²) in [5.41, 5.74) is 2.57. The molecule has 0 radical (unpaired) electrons. The first-order valence-electron chi connectivity index (χ1n) is 9.05. The number of nitrogens with zero attached hydrogens (tertiary/aromatic N) is 4. The second-order valence-electron chi connectivity index (χ2n) is 8.24. The highest BCUT2D eigenvalue weighted by atomic mass is 16.6. The number of carbonyl (C=O) groups is 1. The van der Waals surface area contributed by atoms with E-state index in [1.807, 2.05) is 39.3 Å². The predicted octanol–water partition coefficient (Wildman–Crippen LogP) is 3.68. The van der Waals surface area contributed by atoms with Crippen LogP contribution in [0.2, 0.25) is 0 Å². The van der Waals surface area contributed by atoms with Gasteiger partial charge < -0.3 is 9.26 Å². The molecular formula is C19H30N4O3. The van der Waals surface area contributed by atoms with Gasteiger partial charge in [0.2, 0.25) is 0 Å². The molecule has 0 aliphatic heterocycles. The normalized spacial score (nSPS) is 13.3. The van der Waals surface area contributed by atoms with E-state index in [-0.39, 0.29) is 17.8 Å². The van der Waals surface area contributed by atoms with E-state index in [2.05, 4.69) is 29.1 Å². The molecule has 7 heteroatoms. The number of carbonyl (C=O) groups excluding carboxylic acids is 1. The van der Waals surface area contributed by atoms with E-state index in [1.54, 1.807) is 6.92 Å². The Morgan fingerprint density at radius 2 is 1.88 bits per heavy atom. The third-order valence-corrected chi connectivity index (χ3v) is 4.16. The van der Waals surface area contributed by atoms with Crippen molar-refractivity contribution < 1.29 is 14.1 Å². The van der Waals surface area contributed by atoms with Gasteiger partial charge in [0.15, 0.2) is 11.9 Å². The van der Waals surface area contributed by atoms with Crippen LogP contribution >= 0.6 is 0 Å². The minimum atomic E-state index is -0.586. The van der Waals surface area contributed by atoms with Crippen molar-refractivity contribution in [3.8, 4) is 0 Å². The summed E-state index contributed by atoms with van der Waals surface area (Å²) >= 11 is 0. The maximum Gasteiger partial charge on any atom is 0.311 e. The monoisotopic (exact) mass is 362 g/mol. The number of hydrogen-bond donors (Lipinski definition) is 0. The third-order valence-electron chi connectivity index (χ3n) is 4.16. The standard InChI is InChI=1S/C19H30N4O3/c1-11(2)10-23-13(4)15(12(3)21-23)9-16(24)25-14(5)17-20-18(22-26-17)19(6,7)8/h11,14H,9-10H2,1-8H3. The van der Waals surface area contributed by atoms with E-state index in [0.29, 0.717) is 17.6 Å². The van der Waals surface area contributed by atoms with Gasteiger partial charge in [0.25, 0.3) is 5.89 Å². The molecule has 0 N–H and O–H groups in total. The molecule has 0 bridgehead atoms. The minimum Gasteiger partial charge on any atom is -0.452 e. The van der Waals surface area contributed by atoms with Crippen molar-refractivity contribution in [1.29, 1.82) is 0 Å². The fourth-order valence-electron chi connectivity index (χ4n) is 2.65. The number of esters is 1. The first-order valence-corrected chi connectivity index (χ1v) is 9.05. The Morgan fingerprint density at radius 3 is 2.42 bits per heavy atom. The van der Waals surface area contributed by atoms with Crippen molar-refractivity contribution >= 4 is 5.97 Å². The Morgan fingerprint density at radius 1 is 1.23 bits per heavy atom. The van der Waals surface area contributed by atoms with E-state index in [4.69, 9.17) is 9.26 Å². The predicted molar refractivity (Wildman–Crippen MR) is 97.7 cm³/mol. The smallest absolute Gasteiger partial charge is 0.311 e. The van der Waals surface area contributed by atoms with Crippen LogP contribution in [0.15, 0.2) is 4.52 Å². The molecule has 2 aromatic rings. The quantitative estimate of drug-likeness (QED) is 0.729. The third kappa shape index (κ3) is 4.71. The molecule has 0 fully saturated rings. The molecule has 144 valence electrons. The van der Waals surface area contributed by atoms with Crippen molar-refractivity contribution in [2.75, 3.05) is 0 Å². The molecule has 0 saturated carbocycles. The first-order chi connectivity index (χ1) is 12.0. The van der Waals surface area contributed by atoms with Gasteiger partial charge in [-0.25, -0.2) is 0 Å². The van der Waals surface area contributed by atoms with Crippen molar-refractivity contribution in [3.05, 3.63) is 28.7 Å². The molecule has 0 amide bonds. The van der Waals surface area contributed by atoms with Crippen LogP contribution in [0.3, 0.4) is 0 Å². The molecule has 1 atom stereocenters. The van der Waals surface area contributed by atoms with E-state index in [9.17, 15) is 4.79 Å². The van der Waals surface area contributed by atoms with Crippen molar-refractivity contribution in [2.45, 2.75) is 79.9 Å². The van der Waals surface area contributed by atoms with Crippen LogP contribution in [-0.4, -0.2) is 25.9 Å². The van der Waals surface area contributed by atoms with Crippen LogP contribution in [0.4, 0.5) is 0 Å². The van der Waals surface area contributed by atoms with Gasteiger partial charge in [-0.1, -0.05) is 39.8 Å². The fraction of sp³-hybridized carbons (Fsp3) is 0.684. The van der Waals surface area contributed by atoms with Crippen LogP contribution in [-0.2, 0) is 27.9 Å². The van der Waals surface area contributed by atoms with Gasteiger partial charge in [0.1, 0.15) is 0 Å². The molecule has 7 nitrogen and oxygen atoms in total. The molecule has 2 heterocycles. The average molecular weight is 362 g/mol. The van der Waals surface area contributed by atoms with Crippen LogP contribution in [0.5, 0.6) is 0 Å². The van der Waals surface area contributed by atoms with E-state index >= 15 is 0 Å². The Labute approximate surface area is 155 Å². The highest BCUT2D eigenvalue weighted by Gasteiger charge is 2.25. The Kier molecular flexibility index (Phi) is 5.88. The molecular weight excluding hydrogens is 332 g/mol. The summed E-state index contributed by atoms with van der Waals surface area (Å²) in [5.74, 6) is 1.06. The second-order valence-corrected chi connectivity index (χ2v) is 8.24. The molecule has 0 saturated heterocycles. The van der Waals surface area contributed by atoms with Gasteiger partial charge in [0.05, 0.1) is 12.1 Å². The van der Waals surface area contributed by atoms with Gasteiger partial charge in [0, 0.05) is 23.2 Å². The molecule has 1 unspecified atom stereocenters. The zero-order valence-electron chi connectivity index (χ0n) is 17.1. The number of ether oxygens (including phenoxy) is 1. The molecule has 0 aromatic carbocycles. The largest absolute Gasteiger partial charge is 0.452 e. The second kappa shape index (κ2) is 7.60. The van der Waals surface area contributed by atoms with Crippen LogP contribution < -0.4 is 0 Å². The number of rotatable bonds is 6. The molecule has 26 heavy (non-hydrogen) atoms. The summed E-state index contributed by atoms with van der Waals surface area (Å²) in [6.07, 6.45) is -0.405. The summed E-state index contributed by atoms with van der Waals surface area (Å²) in [5, 5.41) is 8.51. The summed E-state index contributed by atoms with van der Waals surface area (Å²) in [6, 6.07) is 0. The van der Waals surface area contributed by atoms with Gasteiger partial charge in [-0.15, -0.1) is 0 Å². The lowest BCUT2D eigenvalue weighted by atomic mass is 9.96. The van der Waals surface area contributed by atoms with Gasteiger partial charge >= 0.3 is 5.97 Å². The molecule has 2 aromatic heterocycles. The molecule has 0 aliphatic rings. The highest BCUT2D eigenvalue weighted by Crippen LogP contribution is 2.23. The summed E-state index contributed by atoms with van der Waals surface area (Å²) in [6.45, 7) is 16.8. The maximum atomic E-state index is 12.4. The van der Waals surface area contributed by atoms with Crippen molar-refractivity contribution in [2.24, 2.45) is 5.92 Å². The number of aryl methyl sites for hydroxylation is 1. The molecule has 0 spiro atoms. The van der Waals surface area contributed by atoms with Crippen molar-refractivity contribution in [1.82, 2.24) is 19.9 Å². The average Bonchev–Trinajstić information content (AvgIpc) is 3.08. The molecule has 2 rings (SSSR count). The summed E-state index contributed by atoms with van der Waals surface area (Å²) in [7, 11) is 0. The first kappa shape index (κ1) is 20.1. The van der Waals surface area contributed by atoms with Crippen LogP contribution in [0, 0.1) is 19.8 Å². The van der Waals surface area contributed by atoms with E-state index < -0.39 is 6.10 Å². The molecule has 0 aliphatic carbocycles. The van der Waals surface area contributed by atoms with Crippen LogP contribution in [0.1, 0.15) is 76.3 Å². The summed E-state index contributed by atoms with van der Waals surface area (Å²) < 4.78 is 12.7. The van der Waals surface area contributed by atoms with Gasteiger partial charge in [-0.3, -0.25) is 9.48 Å². The lowest BCUT2D eigenvalue weighted by molar-refractivity contribution is -0.148. The Hall–Kier alpha value is -2.18. The number of aromatic nitrogens is 4. The fourth-order valence-corrected chi connectivity index (χ4v) is 2.65. The van der Waals surface area contributed by atoms with E-state index in [0.717, 1.165) is 23.5 Å².